The molecule has 1 aromatic carbocycles. The molecule has 25 heavy (non-hydrogen) atoms. The fraction of sp³-hybridized carbons (Fsp3) is 0.333. The van der Waals surface area contributed by atoms with Crippen molar-refractivity contribution >= 4 is 40.3 Å². The predicted molar refractivity (Wildman–Crippen MR) is 107 cm³/mol. The predicted octanol–water partition coefficient (Wildman–Crippen LogP) is 3.51. The van der Waals surface area contributed by atoms with E-state index in [-0.39, 0.29) is 12.0 Å². The van der Waals surface area contributed by atoms with Crippen molar-refractivity contribution in [1.82, 2.24) is 10.2 Å². The first-order valence-electron chi connectivity index (χ1n) is 8.03. The molecule has 0 aliphatic carbocycles. The molecule has 1 aromatic heterocycles. The van der Waals surface area contributed by atoms with Gasteiger partial charge in [0, 0.05) is 17.1 Å². The number of rotatable bonds is 7. The summed E-state index contributed by atoms with van der Waals surface area (Å²) in [5.41, 5.74) is 1.35. The normalized spacial score (nSPS) is 11.8. The minimum Gasteiger partial charge on any atom is -0.462 e. The first-order chi connectivity index (χ1) is 12.0. The van der Waals surface area contributed by atoms with Crippen LogP contribution in [0.4, 0.5) is 5.69 Å². The molecule has 2 aromatic rings. The lowest BCUT2D eigenvalue weighted by atomic mass is 10.2. The van der Waals surface area contributed by atoms with Crippen molar-refractivity contribution in [3.05, 3.63) is 52.2 Å². The molecule has 2 rings (SSSR count). The number of thiophene rings is 1. The molecule has 0 spiro atoms. The zero-order chi connectivity index (χ0) is 18.2. The highest BCUT2D eigenvalue weighted by molar-refractivity contribution is 7.80. The molecule has 7 heteroatoms. The van der Waals surface area contributed by atoms with Gasteiger partial charge in [0.05, 0.1) is 18.2 Å². The summed E-state index contributed by atoms with van der Waals surface area (Å²) >= 11 is 7.10. The minimum absolute atomic E-state index is 0.256. The summed E-state index contributed by atoms with van der Waals surface area (Å²) in [7, 11) is 4.10. The second kappa shape index (κ2) is 9.50. The van der Waals surface area contributed by atoms with E-state index in [1.54, 1.807) is 30.4 Å². The number of carbonyl (C=O) groups excluding carboxylic acids is 1. The van der Waals surface area contributed by atoms with Crippen molar-refractivity contribution in [3.63, 3.8) is 0 Å². The number of hydrogen-bond acceptors (Lipinski definition) is 5. The van der Waals surface area contributed by atoms with E-state index in [1.165, 1.54) is 4.88 Å². The Morgan fingerprint density at radius 1 is 1.28 bits per heavy atom. The van der Waals surface area contributed by atoms with Gasteiger partial charge in [-0.1, -0.05) is 6.07 Å². The summed E-state index contributed by atoms with van der Waals surface area (Å²) in [5, 5.41) is 9.01. The summed E-state index contributed by atoms with van der Waals surface area (Å²) in [6.07, 6.45) is 0. The highest BCUT2D eigenvalue weighted by Crippen LogP contribution is 2.22. The van der Waals surface area contributed by atoms with Crippen molar-refractivity contribution in [2.24, 2.45) is 0 Å². The number of likely N-dealkylation sites (N-methyl/N-ethyl adjacent to an activating group) is 1. The number of benzene rings is 1. The van der Waals surface area contributed by atoms with Crippen molar-refractivity contribution in [3.8, 4) is 0 Å². The zero-order valence-electron chi connectivity index (χ0n) is 14.6. The Bertz CT molecular complexity index is 685. The van der Waals surface area contributed by atoms with Crippen LogP contribution < -0.4 is 10.6 Å². The average molecular weight is 378 g/mol. The van der Waals surface area contributed by atoms with E-state index in [1.807, 2.05) is 12.1 Å². The Morgan fingerprint density at radius 2 is 2.00 bits per heavy atom. The maximum Gasteiger partial charge on any atom is 0.338 e. The van der Waals surface area contributed by atoms with Crippen molar-refractivity contribution < 1.29 is 9.53 Å². The number of anilines is 1. The SMILES string of the molecule is CCOC(=O)c1ccc(NC(=S)NCC(c2cccs2)N(C)C)cc1. The largest absolute Gasteiger partial charge is 0.462 e. The Balaban J connectivity index is 1.88. The van der Waals surface area contributed by atoms with Crippen LogP contribution in [-0.2, 0) is 4.74 Å². The van der Waals surface area contributed by atoms with Crippen molar-refractivity contribution in [2.45, 2.75) is 13.0 Å². The molecular formula is C18H23N3O2S2. The quantitative estimate of drug-likeness (QED) is 0.569. The standard InChI is InChI=1S/C18H23N3O2S2/c1-4-23-17(22)13-7-9-14(10-8-13)20-18(24)19-12-15(21(2)3)16-6-5-11-25-16/h5-11,15H,4,12H2,1-3H3,(H2,19,20,24). The first-order valence-corrected chi connectivity index (χ1v) is 9.32. The number of esters is 1. The number of thiocarbonyl (C=S) groups is 1. The smallest absolute Gasteiger partial charge is 0.338 e. The third-order valence-corrected chi connectivity index (χ3v) is 4.82. The topological polar surface area (TPSA) is 53.6 Å². The number of ether oxygens (including phenoxy) is 1. The molecule has 0 aliphatic heterocycles. The van der Waals surface area contributed by atoms with Gasteiger partial charge >= 0.3 is 5.97 Å². The first kappa shape index (κ1) is 19.4. The zero-order valence-corrected chi connectivity index (χ0v) is 16.2. The van der Waals surface area contributed by atoms with Crippen LogP contribution in [0, 0.1) is 0 Å². The fourth-order valence-corrected chi connectivity index (χ4v) is 3.41. The van der Waals surface area contributed by atoms with E-state index in [0.29, 0.717) is 23.8 Å². The maximum absolute atomic E-state index is 11.6. The minimum atomic E-state index is -0.320. The molecule has 0 amide bonds. The van der Waals surface area contributed by atoms with Crippen LogP contribution in [0.3, 0.4) is 0 Å². The van der Waals surface area contributed by atoms with Crippen LogP contribution in [0.15, 0.2) is 41.8 Å². The van der Waals surface area contributed by atoms with E-state index in [9.17, 15) is 4.79 Å². The highest BCUT2D eigenvalue weighted by atomic mass is 32.1. The van der Waals surface area contributed by atoms with Gasteiger partial charge in [0.15, 0.2) is 5.11 Å². The second-order valence-electron chi connectivity index (χ2n) is 5.63. The van der Waals surface area contributed by atoms with E-state index in [2.05, 4.69) is 47.1 Å². The summed E-state index contributed by atoms with van der Waals surface area (Å²) in [6.45, 7) is 2.86. The summed E-state index contributed by atoms with van der Waals surface area (Å²) in [6, 6.07) is 11.5. The maximum atomic E-state index is 11.6. The number of nitrogens with zero attached hydrogens (tertiary/aromatic N) is 1. The highest BCUT2D eigenvalue weighted by Gasteiger charge is 2.15. The van der Waals surface area contributed by atoms with Gasteiger partial charge in [-0.05, 0) is 68.9 Å². The van der Waals surface area contributed by atoms with Crippen LogP contribution in [0.5, 0.6) is 0 Å². The number of carbonyl (C=O) groups is 1. The van der Waals surface area contributed by atoms with Crippen LogP contribution >= 0.6 is 23.6 Å². The molecule has 1 atom stereocenters. The van der Waals surface area contributed by atoms with Gasteiger partial charge in [0.25, 0.3) is 0 Å². The molecule has 0 saturated carbocycles. The molecule has 2 N–H and O–H groups in total. The molecule has 1 unspecified atom stereocenters. The molecule has 134 valence electrons. The van der Waals surface area contributed by atoms with Crippen LogP contribution in [0.1, 0.15) is 28.2 Å². The molecule has 0 bridgehead atoms. The van der Waals surface area contributed by atoms with Gasteiger partial charge in [0.2, 0.25) is 0 Å². The van der Waals surface area contributed by atoms with E-state index in [0.717, 1.165) is 5.69 Å². The third-order valence-electron chi connectivity index (χ3n) is 3.60. The Morgan fingerprint density at radius 3 is 2.56 bits per heavy atom. The third kappa shape index (κ3) is 5.81. The van der Waals surface area contributed by atoms with E-state index >= 15 is 0 Å². The number of hydrogen-bond donors (Lipinski definition) is 2. The van der Waals surface area contributed by atoms with Gasteiger partial charge in [-0.2, -0.15) is 0 Å². The summed E-state index contributed by atoms with van der Waals surface area (Å²) in [4.78, 5) is 15.1. The van der Waals surface area contributed by atoms with Crippen LogP contribution in [0.2, 0.25) is 0 Å². The molecule has 0 saturated heterocycles. The monoisotopic (exact) mass is 377 g/mol. The molecule has 0 aliphatic rings. The van der Waals surface area contributed by atoms with Gasteiger partial charge in [-0.15, -0.1) is 11.3 Å². The summed E-state index contributed by atoms with van der Waals surface area (Å²) in [5.74, 6) is -0.320. The fourth-order valence-electron chi connectivity index (χ4n) is 2.29. The lowest BCUT2D eigenvalue weighted by Gasteiger charge is -2.24. The van der Waals surface area contributed by atoms with Crippen LogP contribution in [-0.4, -0.2) is 43.2 Å². The molecular weight excluding hydrogens is 354 g/mol. The molecule has 0 radical (unpaired) electrons. The lowest BCUT2D eigenvalue weighted by Crippen LogP contribution is -2.36. The lowest BCUT2D eigenvalue weighted by molar-refractivity contribution is 0.0526. The van der Waals surface area contributed by atoms with Gasteiger partial charge in [-0.25, -0.2) is 4.79 Å². The van der Waals surface area contributed by atoms with E-state index in [4.69, 9.17) is 17.0 Å². The Kier molecular flexibility index (Phi) is 7.36. The number of nitrogens with one attached hydrogen (secondary N) is 2. The van der Waals surface area contributed by atoms with Gasteiger partial charge in [-0.3, -0.25) is 0 Å². The van der Waals surface area contributed by atoms with Gasteiger partial charge in [0.1, 0.15) is 0 Å². The second-order valence-corrected chi connectivity index (χ2v) is 7.02. The summed E-state index contributed by atoms with van der Waals surface area (Å²) < 4.78 is 4.97. The molecule has 5 nitrogen and oxygen atoms in total. The van der Waals surface area contributed by atoms with Gasteiger partial charge < -0.3 is 20.3 Å². The molecule has 0 fully saturated rings. The van der Waals surface area contributed by atoms with Crippen molar-refractivity contribution in [2.75, 3.05) is 32.6 Å². The van der Waals surface area contributed by atoms with E-state index < -0.39 is 0 Å². The molecule has 1 heterocycles. The Labute approximate surface area is 158 Å². The van der Waals surface area contributed by atoms with Crippen LogP contribution in [0.25, 0.3) is 0 Å². The van der Waals surface area contributed by atoms with Crippen molar-refractivity contribution in [1.29, 1.82) is 0 Å². The average Bonchev–Trinajstić information content (AvgIpc) is 3.10. The Hall–Kier alpha value is -1.96.